The minimum Gasteiger partial charge on any atom is -0.497 e. The topological polar surface area (TPSA) is 60.0 Å². The Morgan fingerprint density at radius 1 is 1.37 bits per heavy atom. The van der Waals surface area contributed by atoms with Crippen LogP contribution in [0.5, 0.6) is 5.75 Å². The predicted molar refractivity (Wildman–Crippen MR) is 106 cm³/mol. The first-order valence-electron chi connectivity index (χ1n) is 9.97. The summed E-state index contributed by atoms with van der Waals surface area (Å²) in [7, 11) is 1.67. The highest BCUT2D eigenvalue weighted by molar-refractivity contribution is 5.80. The van der Waals surface area contributed by atoms with Gasteiger partial charge in [0, 0.05) is 13.2 Å². The number of methoxy groups -OCH3 is 1. The number of amides is 1. The highest BCUT2D eigenvalue weighted by Crippen LogP contribution is 2.24. The molecule has 0 radical (unpaired) electrons. The van der Waals surface area contributed by atoms with Gasteiger partial charge < -0.3 is 19.5 Å². The van der Waals surface area contributed by atoms with Gasteiger partial charge in [0.2, 0.25) is 5.91 Å². The number of carbonyl (C=O) groups excluding carboxylic acids is 1. The Bertz CT molecular complexity index is 571. The number of nitrogens with zero attached hydrogens (tertiary/aromatic N) is 1. The van der Waals surface area contributed by atoms with Crippen molar-refractivity contribution in [3.05, 3.63) is 29.8 Å². The van der Waals surface area contributed by atoms with Gasteiger partial charge in [-0.2, -0.15) is 0 Å². The third kappa shape index (κ3) is 6.48. The van der Waals surface area contributed by atoms with Gasteiger partial charge in [-0.15, -0.1) is 0 Å². The van der Waals surface area contributed by atoms with E-state index in [4.69, 9.17) is 14.2 Å². The van der Waals surface area contributed by atoms with Crippen LogP contribution in [0.1, 0.15) is 45.2 Å². The van der Waals surface area contributed by atoms with Gasteiger partial charge in [0.05, 0.1) is 25.9 Å². The zero-order chi connectivity index (χ0) is 19.6. The zero-order valence-corrected chi connectivity index (χ0v) is 17.1. The van der Waals surface area contributed by atoms with E-state index in [-0.39, 0.29) is 18.1 Å². The first kappa shape index (κ1) is 21.7. The Morgan fingerprint density at radius 2 is 2.15 bits per heavy atom. The van der Waals surface area contributed by atoms with Gasteiger partial charge in [0.15, 0.2) is 0 Å². The average molecular weight is 379 g/mol. The highest BCUT2D eigenvalue weighted by atomic mass is 16.5. The van der Waals surface area contributed by atoms with E-state index in [9.17, 15) is 4.79 Å². The molecule has 0 saturated carbocycles. The van der Waals surface area contributed by atoms with Crippen molar-refractivity contribution in [3.63, 3.8) is 0 Å². The lowest BCUT2D eigenvalue weighted by Gasteiger charge is -2.31. The fourth-order valence-corrected chi connectivity index (χ4v) is 3.42. The van der Waals surface area contributed by atoms with Crippen LogP contribution in [0.3, 0.4) is 0 Å². The number of benzene rings is 1. The van der Waals surface area contributed by atoms with Crippen molar-refractivity contribution in [3.8, 4) is 5.75 Å². The maximum absolute atomic E-state index is 12.5. The number of ether oxygens (including phenoxy) is 3. The van der Waals surface area contributed by atoms with Gasteiger partial charge in [0.25, 0.3) is 0 Å². The molecular weight excluding hydrogens is 344 g/mol. The molecule has 6 nitrogen and oxygen atoms in total. The summed E-state index contributed by atoms with van der Waals surface area (Å²) in [5.74, 6) is 0.734. The SMILES string of the molecule is CCN(CC)C(CNC(=O)C(C)OCC1CCCO1)c1cccc(OC)c1. The van der Waals surface area contributed by atoms with Gasteiger partial charge >= 0.3 is 0 Å². The number of nitrogens with one attached hydrogen (secondary N) is 1. The minimum atomic E-state index is -0.489. The van der Waals surface area contributed by atoms with Crippen LogP contribution in [0.4, 0.5) is 0 Å². The molecule has 1 heterocycles. The Balaban J connectivity index is 1.94. The number of carbonyl (C=O) groups is 1. The van der Waals surface area contributed by atoms with Crippen LogP contribution in [0.25, 0.3) is 0 Å². The fraction of sp³-hybridized carbons (Fsp3) is 0.667. The van der Waals surface area contributed by atoms with E-state index in [1.807, 2.05) is 18.2 Å². The van der Waals surface area contributed by atoms with E-state index in [2.05, 4.69) is 30.1 Å². The monoisotopic (exact) mass is 378 g/mol. The van der Waals surface area contributed by atoms with E-state index >= 15 is 0 Å². The van der Waals surface area contributed by atoms with Crippen LogP contribution in [0.2, 0.25) is 0 Å². The maximum Gasteiger partial charge on any atom is 0.248 e. The zero-order valence-electron chi connectivity index (χ0n) is 17.1. The molecule has 1 amide bonds. The van der Waals surface area contributed by atoms with Gasteiger partial charge in [-0.05, 0) is 50.6 Å². The van der Waals surface area contributed by atoms with Crippen LogP contribution < -0.4 is 10.1 Å². The Kier molecular flexibility index (Phi) is 9.04. The summed E-state index contributed by atoms with van der Waals surface area (Å²) in [5.41, 5.74) is 1.13. The Morgan fingerprint density at radius 3 is 2.78 bits per heavy atom. The third-order valence-corrected chi connectivity index (χ3v) is 5.13. The summed E-state index contributed by atoms with van der Waals surface area (Å²) < 4.78 is 16.6. The normalized spacial score (nSPS) is 19.1. The van der Waals surface area contributed by atoms with Gasteiger partial charge in [-0.1, -0.05) is 26.0 Å². The molecule has 1 aromatic carbocycles. The molecule has 0 aliphatic carbocycles. The van der Waals surface area contributed by atoms with Crippen molar-refractivity contribution >= 4 is 5.91 Å². The standard InChI is InChI=1S/C21H34N2O4/c1-5-23(6-2)20(17-9-7-10-18(13-17)25-4)14-22-21(24)16(3)27-15-19-11-8-12-26-19/h7,9-10,13,16,19-20H,5-6,8,11-12,14-15H2,1-4H3,(H,22,24). The van der Waals surface area contributed by atoms with E-state index in [1.165, 1.54) is 0 Å². The minimum absolute atomic E-state index is 0.0874. The third-order valence-electron chi connectivity index (χ3n) is 5.13. The van der Waals surface area contributed by atoms with E-state index < -0.39 is 6.10 Å². The Labute approximate surface area is 163 Å². The predicted octanol–water partition coefficient (Wildman–Crippen LogP) is 2.78. The largest absolute Gasteiger partial charge is 0.497 e. The quantitative estimate of drug-likeness (QED) is 0.642. The molecule has 152 valence electrons. The molecule has 0 bridgehead atoms. The summed E-state index contributed by atoms with van der Waals surface area (Å²) >= 11 is 0. The Hall–Kier alpha value is -1.63. The van der Waals surface area contributed by atoms with Crippen molar-refractivity contribution in [1.82, 2.24) is 10.2 Å². The average Bonchev–Trinajstić information content (AvgIpc) is 3.22. The lowest BCUT2D eigenvalue weighted by atomic mass is 10.0. The second-order valence-electron chi connectivity index (χ2n) is 6.87. The summed E-state index contributed by atoms with van der Waals surface area (Å²) in [6, 6.07) is 8.12. The van der Waals surface area contributed by atoms with Crippen LogP contribution >= 0.6 is 0 Å². The van der Waals surface area contributed by atoms with Gasteiger partial charge in [-0.3, -0.25) is 9.69 Å². The van der Waals surface area contributed by atoms with Crippen molar-refractivity contribution < 1.29 is 19.0 Å². The molecule has 3 unspecified atom stereocenters. The lowest BCUT2D eigenvalue weighted by molar-refractivity contribution is -0.134. The van der Waals surface area contributed by atoms with Crippen LogP contribution in [-0.2, 0) is 14.3 Å². The van der Waals surface area contributed by atoms with Crippen molar-refractivity contribution in [2.24, 2.45) is 0 Å². The number of hydrogen-bond donors (Lipinski definition) is 1. The summed E-state index contributed by atoms with van der Waals surface area (Å²) in [6.07, 6.45) is 1.71. The maximum atomic E-state index is 12.5. The molecule has 1 fully saturated rings. The summed E-state index contributed by atoms with van der Waals surface area (Å²) in [5, 5.41) is 3.06. The van der Waals surface area contributed by atoms with E-state index in [0.29, 0.717) is 13.2 Å². The van der Waals surface area contributed by atoms with Crippen LogP contribution in [0.15, 0.2) is 24.3 Å². The number of likely N-dealkylation sites (N-methyl/N-ethyl adjacent to an activating group) is 1. The lowest BCUT2D eigenvalue weighted by Crippen LogP contribution is -2.42. The van der Waals surface area contributed by atoms with Crippen molar-refractivity contribution in [2.45, 2.75) is 51.9 Å². The molecular formula is C21H34N2O4. The van der Waals surface area contributed by atoms with Gasteiger partial charge in [-0.25, -0.2) is 0 Å². The first-order valence-corrected chi connectivity index (χ1v) is 9.97. The molecule has 1 aliphatic heterocycles. The van der Waals surface area contributed by atoms with Crippen LogP contribution in [0, 0.1) is 0 Å². The summed E-state index contributed by atoms with van der Waals surface area (Å²) in [6.45, 7) is 9.66. The van der Waals surface area contributed by atoms with E-state index in [0.717, 1.165) is 43.9 Å². The number of rotatable bonds is 11. The molecule has 1 N–H and O–H groups in total. The highest BCUT2D eigenvalue weighted by Gasteiger charge is 2.23. The van der Waals surface area contributed by atoms with Gasteiger partial charge in [0.1, 0.15) is 11.9 Å². The first-order chi connectivity index (χ1) is 13.1. The molecule has 27 heavy (non-hydrogen) atoms. The molecule has 0 aromatic heterocycles. The van der Waals surface area contributed by atoms with Crippen molar-refractivity contribution in [2.75, 3.05) is 40.0 Å². The molecule has 2 rings (SSSR count). The summed E-state index contributed by atoms with van der Waals surface area (Å²) in [4.78, 5) is 14.8. The molecule has 3 atom stereocenters. The van der Waals surface area contributed by atoms with Crippen LogP contribution in [-0.4, -0.2) is 63.0 Å². The fourth-order valence-electron chi connectivity index (χ4n) is 3.42. The molecule has 1 aromatic rings. The molecule has 1 saturated heterocycles. The van der Waals surface area contributed by atoms with Crippen molar-refractivity contribution in [1.29, 1.82) is 0 Å². The smallest absolute Gasteiger partial charge is 0.248 e. The second kappa shape index (κ2) is 11.3. The molecule has 0 spiro atoms. The molecule has 6 heteroatoms. The molecule has 1 aliphatic rings. The second-order valence-corrected chi connectivity index (χ2v) is 6.87. The number of hydrogen-bond acceptors (Lipinski definition) is 5. The van der Waals surface area contributed by atoms with E-state index in [1.54, 1.807) is 14.0 Å².